The molecule has 1 aliphatic rings. The molecule has 0 bridgehead atoms. The van der Waals surface area contributed by atoms with Crippen LogP contribution in [-0.4, -0.2) is 62.7 Å². The second-order valence-electron chi connectivity index (χ2n) is 7.77. The van der Waals surface area contributed by atoms with Crippen molar-refractivity contribution in [3.63, 3.8) is 0 Å². The molecule has 36 heavy (non-hydrogen) atoms. The van der Waals surface area contributed by atoms with Gasteiger partial charge in [0.05, 0.1) is 18.8 Å². The van der Waals surface area contributed by atoms with E-state index in [0.717, 1.165) is 30.8 Å². The van der Waals surface area contributed by atoms with Gasteiger partial charge in [0.2, 0.25) is 0 Å². The Morgan fingerprint density at radius 2 is 1.78 bits per heavy atom. The van der Waals surface area contributed by atoms with E-state index in [2.05, 4.69) is 10.2 Å². The average Bonchev–Trinajstić information content (AvgIpc) is 2.82. The van der Waals surface area contributed by atoms with Crippen LogP contribution in [0.3, 0.4) is 0 Å². The quantitative estimate of drug-likeness (QED) is 0.294. The van der Waals surface area contributed by atoms with Crippen molar-refractivity contribution in [2.75, 3.05) is 46.1 Å². The Morgan fingerprint density at radius 1 is 1.17 bits per heavy atom. The van der Waals surface area contributed by atoms with Gasteiger partial charge in [-0.05, 0) is 12.5 Å². The van der Waals surface area contributed by atoms with Crippen LogP contribution in [0.4, 0.5) is 8.78 Å². The number of nitrogens with two attached hydrogens (primary N) is 1. The van der Waals surface area contributed by atoms with Crippen LogP contribution in [0.5, 0.6) is 5.75 Å². The summed E-state index contributed by atoms with van der Waals surface area (Å²) < 4.78 is 46.0. The lowest BCUT2D eigenvalue weighted by atomic mass is 10.1. The Bertz CT molecular complexity index is 970. The van der Waals surface area contributed by atoms with Crippen LogP contribution in [0.15, 0.2) is 36.4 Å². The van der Waals surface area contributed by atoms with Crippen molar-refractivity contribution in [2.45, 2.75) is 19.6 Å². The summed E-state index contributed by atoms with van der Waals surface area (Å²) in [5, 5.41) is 10.1. The first-order valence-electron chi connectivity index (χ1n) is 11.1. The zero-order valence-electron chi connectivity index (χ0n) is 19.9. The summed E-state index contributed by atoms with van der Waals surface area (Å²) in [6.07, 6.45) is -1.45. The maximum Gasteiger partial charge on any atom is 0.254 e. The Hall–Kier alpha value is -2.50. The highest BCUT2D eigenvalue weighted by atomic mass is 35.5. The Kier molecular flexibility index (Phi) is 13.6. The second kappa shape index (κ2) is 15.6. The smallest absolute Gasteiger partial charge is 0.254 e. The van der Waals surface area contributed by atoms with E-state index in [4.69, 9.17) is 25.4 Å². The maximum atomic E-state index is 14.9. The molecule has 8 nitrogen and oxygen atoms in total. The van der Waals surface area contributed by atoms with E-state index in [-0.39, 0.29) is 56.2 Å². The van der Waals surface area contributed by atoms with Gasteiger partial charge >= 0.3 is 0 Å². The van der Waals surface area contributed by atoms with E-state index in [9.17, 15) is 13.6 Å². The molecule has 0 spiro atoms. The minimum absolute atomic E-state index is 0. The fraction of sp³-hybridized carbons (Fsp3) is 0.417. The molecule has 1 saturated heterocycles. The van der Waals surface area contributed by atoms with Crippen LogP contribution in [0.25, 0.3) is 0 Å². The van der Waals surface area contributed by atoms with Crippen molar-refractivity contribution in [2.24, 2.45) is 5.73 Å². The fourth-order valence-corrected chi connectivity index (χ4v) is 3.55. The summed E-state index contributed by atoms with van der Waals surface area (Å²) in [6, 6.07) is 8.85. The number of carbonyl (C=O) groups is 1. The van der Waals surface area contributed by atoms with Gasteiger partial charge in [-0.3, -0.25) is 15.1 Å². The van der Waals surface area contributed by atoms with E-state index in [1.165, 1.54) is 0 Å². The number of ether oxygens (including phenoxy) is 3. The van der Waals surface area contributed by atoms with Crippen molar-refractivity contribution < 1.29 is 27.8 Å². The predicted molar refractivity (Wildman–Crippen MR) is 137 cm³/mol. The summed E-state index contributed by atoms with van der Waals surface area (Å²) >= 11 is 0. The van der Waals surface area contributed by atoms with Crippen LogP contribution < -0.4 is 15.8 Å². The van der Waals surface area contributed by atoms with Gasteiger partial charge in [-0.1, -0.05) is 24.3 Å². The summed E-state index contributed by atoms with van der Waals surface area (Å²) in [5.41, 5.74) is 6.26. The molecule has 0 aromatic heterocycles. The number of carbonyl (C=O) groups excluding carboxylic acids is 1. The van der Waals surface area contributed by atoms with E-state index in [0.29, 0.717) is 25.3 Å². The number of hydrogen-bond acceptors (Lipinski definition) is 6. The third-order valence-corrected chi connectivity index (χ3v) is 5.40. The minimum Gasteiger partial charge on any atom is -0.492 e. The molecule has 1 atom stereocenters. The first-order valence-corrected chi connectivity index (χ1v) is 11.1. The molecule has 12 heteroatoms. The van der Waals surface area contributed by atoms with Crippen LogP contribution in [0.2, 0.25) is 0 Å². The fourth-order valence-electron chi connectivity index (χ4n) is 3.55. The van der Waals surface area contributed by atoms with Gasteiger partial charge in [0, 0.05) is 50.5 Å². The molecule has 0 radical (unpaired) electrons. The molecule has 2 aromatic rings. The molecular weight excluding hydrogens is 517 g/mol. The molecule has 1 heterocycles. The Morgan fingerprint density at radius 3 is 2.33 bits per heavy atom. The third kappa shape index (κ3) is 8.86. The van der Waals surface area contributed by atoms with Crippen molar-refractivity contribution in [1.29, 1.82) is 5.41 Å². The van der Waals surface area contributed by atoms with E-state index >= 15 is 0 Å². The molecule has 4 N–H and O–H groups in total. The number of morpholine rings is 1. The SMILES string of the molecule is CCOC(C(=O)NCc1ccc(C(=N)N)cc1)c1c(F)cc(OCCN2CCOCC2)cc1F.Cl.Cl. The summed E-state index contributed by atoms with van der Waals surface area (Å²) in [4.78, 5) is 14.9. The molecule has 1 aliphatic heterocycles. The minimum atomic E-state index is -1.45. The number of amides is 1. The van der Waals surface area contributed by atoms with Gasteiger partial charge in [-0.2, -0.15) is 0 Å². The molecule has 1 unspecified atom stereocenters. The van der Waals surface area contributed by atoms with Gasteiger partial charge in [0.15, 0.2) is 6.10 Å². The molecular formula is C24H32Cl2F2N4O4. The molecule has 200 valence electrons. The molecule has 1 fully saturated rings. The normalized spacial score (nSPS) is 14.2. The predicted octanol–water partition coefficient (Wildman–Crippen LogP) is 3.20. The van der Waals surface area contributed by atoms with Gasteiger partial charge in [-0.15, -0.1) is 24.8 Å². The first-order chi connectivity index (χ1) is 16.4. The molecule has 3 rings (SSSR count). The van der Waals surface area contributed by atoms with Gasteiger partial charge < -0.3 is 25.3 Å². The standard InChI is InChI=1S/C24H30F2N4O4.2ClH/c1-2-33-22(24(31)29-15-16-3-5-17(6-4-16)23(27)28)21-19(25)13-18(14-20(21)26)34-12-9-30-7-10-32-11-8-30;;/h3-6,13-14,22H,2,7-12,15H2,1H3,(H3,27,28)(H,29,31);2*1H. The second-order valence-corrected chi connectivity index (χ2v) is 7.77. The van der Waals surface area contributed by atoms with E-state index in [1.807, 2.05) is 0 Å². The monoisotopic (exact) mass is 548 g/mol. The van der Waals surface area contributed by atoms with Crippen molar-refractivity contribution in [1.82, 2.24) is 10.2 Å². The van der Waals surface area contributed by atoms with Gasteiger partial charge in [0.1, 0.15) is 29.8 Å². The van der Waals surface area contributed by atoms with Crippen LogP contribution >= 0.6 is 24.8 Å². The molecule has 0 saturated carbocycles. The highest BCUT2D eigenvalue weighted by Gasteiger charge is 2.28. The molecule has 1 amide bonds. The highest BCUT2D eigenvalue weighted by Crippen LogP contribution is 2.28. The topological polar surface area (TPSA) is 110 Å². The zero-order chi connectivity index (χ0) is 24.5. The maximum absolute atomic E-state index is 14.9. The third-order valence-electron chi connectivity index (χ3n) is 5.40. The number of hydrogen-bond donors (Lipinski definition) is 3. The number of amidine groups is 1. The number of halogens is 4. The van der Waals surface area contributed by atoms with Crippen LogP contribution in [-0.2, 0) is 20.8 Å². The van der Waals surface area contributed by atoms with E-state index < -0.39 is 29.2 Å². The largest absolute Gasteiger partial charge is 0.492 e. The van der Waals surface area contributed by atoms with Crippen molar-refractivity contribution >= 4 is 36.6 Å². The lowest BCUT2D eigenvalue weighted by Crippen LogP contribution is -2.38. The Labute approximate surface area is 221 Å². The van der Waals surface area contributed by atoms with Gasteiger partial charge in [-0.25, -0.2) is 8.78 Å². The average molecular weight is 549 g/mol. The van der Waals surface area contributed by atoms with Crippen LogP contribution in [0, 0.1) is 17.0 Å². The first kappa shape index (κ1) is 31.5. The summed E-state index contributed by atoms with van der Waals surface area (Å²) in [5.74, 6) is -2.52. The lowest BCUT2D eigenvalue weighted by Gasteiger charge is -2.26. The van der Waals surface area contributed by atoms with Crippen LogP contribution in [0.1, 0.15) is 29.7 Å². The summed E-state index contributed by atoms with van der Waals surface area (Å²) in [7, 11) is 0. The zero-order valence-corrected chi connectivity index (χ0v) is 21.6. The number of nitrogens with one attached hydrogen (secondary N) is 2. The van der Waals surface area contributed by atoms with Crippen molar-refractivity contribution in [3.8, 4) is 5.75 Å². The number of nitrogens with zero attached hydrogens (tertiary/aromatic N) is 1. The Balaban J connectivity index is 0.00000324. The molecule has 0 aliphatic carbocycles. The van der Waals surface area contributed by atoms with Crippen molar-refractivity contribution in [3.05, 3.63) is 64.7 Å². The number of benzene rings is 2. The van der Waals surface area contributed by atoms with E-state index in [1.54, 1.807) is 31.2 Å². The lowest BCUT2D eigenvalue weighted by molar-refractivity contribution is -0.133. The number of nitrogen functional groups attached to an aromatic ring is 1. The number of rotatable bonds is 11. The molecule has 2 aromatic carbocycles. The summed E-state index contributed by atoms with van der Waals surface area (Å²) in [6.45, 7) is 5.62. The van der Waals surface area contributed by atoms with Gasteiger partial charge in [0.25, 0.3) is 5.91 Å². The highest BCUT2D eigenvalue weighted by molar-refractivity contribution is 5.94.